The van der Waals surface area contributed by atoms with Gasteiger partial charge < -0.3 is 15.2 Å². The van der Waals surface area contributed by atoms with Gasteiger partial charge in [0, 0.05) is 32.1 Å². The van der Waals surface area contributed by atoms with E-state index in [0.29, 0.717) is 26.3 Å². The maximum absolute atomic E-state index is 14.5. The summed E-state index contributed by atoms with van der Waals surface area (Å²) in [5.74, 6) is -4.20. The van der Waals surface area contributed by atoms with Crippen molar-refractivity contribution in [3.05, 3.63) is 109 Å². The number of Topliss-reactive ketones (excluding diaryl/α,β-unsaturated/α-hetero) is 1. The Balaban J connectivity index is 1.83. The summed E-state index contributed by atoms with van der Waals surface area (Å²) in [6, 6.07) is 17.8. The number of anilines is 1. The van der Waals surface area contributed by atoms with Gasteiger partial charge >= 0.3 is 11.9 Å². The molecule has 0 unspecified atom stereocenters. The maximum Gasteiger partial charge on any atom is 0.338 e. The van der Waals surface area contributed by atoms with E-state index in [0.717, 1.165) is 5.56 Å². The molecule has 0 bridgehead atoms. The number of thiophene rings is 1. The van der Waals surface area contributed by atoms with Gasteiger partial charge in [0.05, 0.1) is 31.4 Å². The van der Waals surface area contributed by atoms with Gasteiger partial charge in [0.25, 0.3) is 0 Å². The Hall–Kier alpha value is -3.59. The van der Waals surface area contributed by atoms with Crippen molar-refractivity contribution in [3.63, 3.8) is 0 Å². The zero-order valence-corrected chi connectivity index (χ0v) is 23.3. The first-order chi connectivity index (χ1) is 18.8. The quantitative estimate of drug-likeness (QED) is 0.299. The van der Waals surface area contributed by atoms with Crippen LogP contribution in [0.25, 0.3) is 0 Å². The lowest BCUT2D eigenvalue weighted by Crippen LogP contribution is -2.46. The molecule has 2 N–H and O–H groups in total. The van der Waals surface area contributed by atoms with E-state index in [4.69, 9.17) is 38.4 Å². The number of halogens is 2. The van der Waals surface area contributed by atoms with Crippen LogP contribution in [-0.4, -0.2) is 31.9 Å². The summed E-state index contributed by atoms with van der Waals surface area (Å²) in [7, 11) is 2.52. The molecule has 7 nitrogen and oxygen atoms in total. The highest BCUT2D eigenvalue weighted by atomic mass is 35.5. The monoisotopic (exact) mass is 582 g/mol. The fraction of sp³-hybridized carbons (Fsp3) is 0.207. The first kappa shape index (κ1) is 27.0. The van der Waals surface area contributed by atoms with Gasteiger partial charge in [-0.3, -0.25) is 14.5 Å². The van der Waals surface area contributed by atoms with Crippen LogP contribution in [0.15, 0.2) is 88.7 Å². The molecule has 0 radical (unpaired) electrons. The molecule has 2 heterocycles. The lowest BCUT2D eigenvalue weighted by atomic mass is 9.68. The largest absolute Gasteiger partial charge is 0.468 e. The predicted molar refractivity (Wildman–Crippen MR) is 151 cm³/mol. The molecule has 10 heteroatoms. The van der Waals surface area contributed by atoms with E-state index in [1.54, 1.807) is 23.1 Å². The molecule has 0 saturated carbocycles. The van der Waals surface area contributed by atoms with Gasteiger partial charge in [-0.25, -0.2) is 4.79 Å². The Morgan fingerprint density at radius 2 is 1.69 bits per heavy atom. The number of methoxy groups -OCH3 is 2. The zero-order valence-electron chi connectivity index (χ0n) is 21.0. The number of rotatable bonds is 5. The molecule has 0 amide bonds. The summed E-state index contributed by atoms with van der Waals surface area (Å²) in [6.07, 6.45) is 0.256. The standard InChI is InChI=1S/C29H24Cl2N2O5S/c1-37-28(35)22-19(15-7-4-3-5-8-15)14-20-23(26(22)34)24(21-9-6-10-39-21)25(29(36)38-2)27(32)33(20)18-12-16(30)11-17(31)13-18/h3-13,19,22,24H,14,32H2,1-2H3/t19-,22+,24-/m0/s1. The van der Waals surface area contributed by atoms with Crippen LogP contribution in [-0.2, 0) is 23.9 Å². The Morgan fingerprint density at radius 1 is 1.00 bits per heavy atom. The van der Waals surface area contributed by atoms with Crippen molar-refractivity contribution in [2.45, 2.75) is 18.3 Å². The number of nitrogens with two attached hydrogens (primary N) is 1. The molecule has 200 valence electrons. The highest BCUT2D eigenvalue weighted by Crippen LogP contribution is 2.52. The number of ketones is 1. The molecule has 5 rings (SSSR count). The third-order valence-electron chi connectivity index (χ3n) is 7.06. The Labute approximate surface area is 239 Å². The summed E-state index contributed by atoms with van der Waals surface area (Å²) in [6.45, 7) is 0. The van der Waals surface area contributed by atoms with Gasteiger partial charge in [0.15, 0.2) is 5.78 Å². The molecule has 3 aromatic rings. The second-order valence-corrected chi connectivity index (χ2v) is 11.0. The normalized spacial score (nSPS) is 21.1. The topological polar surface area (TPSA) is 98.9 Å². The van der Waals surface area contributed by atoms with Gasteiger partial charge in [-0.15, -0.1) is 11.3 Å². The first-order valence-electron chi connectivity index (χ1n) is 12.0. The molecule has 0 saturated heterocycles. The highest BCUT2D eigenvalue weighted by Gasteiger charge is 2.51. The number of hydrogen-bond acceptors (Lipinski definition) is 8. The van der Waals surface area contributed by atoms with Crippen molar-refractivity contribution < 1.29 is 23.9 Å². The SMILES string of the molecule is COC(=O)C1=C(N)N(c2cc(Cl)cc(Cl)c2)C2=C(C(=O)[C@H](C(=O)OC)[C@H](c3ccccc3)C2)[C@@H]1c1cccs1. The lowest BCUT2D eigenvalue weighted by molar-refractivity contribution is -0.150. The molecule has 2 aliphatic rings. The number of esters is 2. The number of ether oxygens (including phenoxy) is 2. The highest BCUT2D eigenvalue weighted by molar-refractivity contribution is 7.10. The van der Waals surface area contributed by atoms with Gasteiger partial charge in [-0.2, -0.15) is 0 Å². The summed E-state index contributed by atoms with van der Waals surface area (Å²) < 4.78 is 10.3. The number of carbonyl (C=O) groups excluding carboxylic acids is 3. The van der Waals surface area contributed by atoms with Crippen molar-refractivity contribution >= 4 is 57.9 Å². The smallest absolute Gasteiger partial charge is 0.338 e. The number of benzene rings is 2. The van der Waals surface area contributed by atoms with Crippen molar-refractivity contribution in [1.29, 1.82) is 0 Å². The van der Waals surface area contributed by atoms with E-state index >= 15 is 0 Å². The van der Waals surface area contributed by atoms with Gasteiger partial charge in [0.1, 0.15) is 11.7 Å². The summed E-state index contributed by atoms with van der Waals surface area (Å²) in [5.41, 5.74) is 8.96. The van der Waals surface area contributed by atoms with Crippen LogP contribution in [0.1, 0.15) is 28.7 Å². The predicted octanol–water partition coefficient (Wildman–Crippen LogP) is 5.80. The van der Waals surface area contributed by atoms with Crippen LogP contribution in [0.2, 0.25) is 10.0 Å². The van der Waals surface area contributed by atoms with Crippen molar-refractivity contribution in [2.24, 2.45) is 11.7 Å². The van der Waals surface area contributed by atoms with Crippen LogP contribution in [0, 0.1) is 5.92 Å². The summed E-state index contributed by atoms with van der Waals surface area (Å²) in [5, 5.41) is 2.55. The molecular formula is C29H24Cl2N2O5S. The molecule has 1 aliphatic heterocycles. The number of allylic oxidation sites excluding steroid dienone is 2. The van der Waals surface area contributed by atoms with Crippen LogP contribution in [0.5, 0.6) is 0 Å². The molecular weight excluding hydrogens is 559 g/mol. The molecule has 1 aromatic heterocycles. The molecule has 39 heavy (non-hydrogen) atoms. The minimum atomic E-state index is -1.12. The van der Waals surface area contributed by atoms with E-state index in [1.165, 1.54) is 25.6 Å². The van der Waals surface area contributed by atoms with Crippen LogP contribution in [0.4, 0.5) is 5.69 Å². The van der Waals surface area contributed by atoms with E-state index in [2.05, 4.69) is 0 Å². The van der Waals surface area contributed by atoms with Gasteiger partial charge in [-0.1, -0.05) is 59.6 Å². The number of nitrogens with zero attached hydrogens (tertiary/aromatic N) is 1. The minimum absolute atomic E-state index is 0.0879. The number of hydrogen-bond donors (Lipinski definition) is 1. The fourth-order valence-corrected chi connectivity index (χ4v) is 6.81. The fourth-order valence-electron chi connectivity index (χ4n) is 5.45. The van der Waals surface area contributed by atoms with Crippen LogP contribution >= 0.6 is 34.5 Å². The molecule has 0 fully saturated rings. The van der Waals surface area contributed by atoms with Crippen molar-refractivity contribution in [3.8, 4) is 0 Å². The van der Waals surface area contributed by atoms with E-state index < -0.39 is 35.5 Å². The molecule has 1 aliphatic carbocycles. The third-order valence-corrected chi connectivity index (χ3v) is 8.43. The average Bonchev–Trinajstić information content (AvgIpc) is 3.46. The van der Waals surface area contributed by atoms with E-state index in [-0.39, 0.29) is 23.4 Å². The van der Waals surface area contributed by atoms with Gasteiger partial charge in [-0.05, 0) is 41.6 Å². The van der Waals surface area contributed by atoms with Crippen LogP contribution in [0.3, 0.4) is 0 Å². The second-order valence-electron chi connectivity index (χ2n) is 9.15. The second kappa shape index (κ2) is 10.9. The van der Waals surface area contributed by atoms with Crippen LogP contribution < -0.4 is 10.6 Å². The summed E-state index contributed by atoms with van der Waals surface area (Å²) >= 11 is 14.1. The molecule has 3 atom stereocenters. The third kappa shape index (κ3) is 4.73. The Bertz CT molecular complexity index is 1500. The number of carbonyl (C=O) groups is 3. The molecule has 2 aromatic carbocycles. The van der Waals surface area contributed by atoms with Gasteiger partial charge in [0.2, 0.25) is 0 Å². The first-order valence-corrected chi connectivity index (χ1v) is 13.7. The zero-order chi connectivity index (χ0) is 27.8. The maximum atomic E-state index is 14.5. The Kier molecular flexibility index (Phi) is 7.53. The minimum Gasteiger partial charge on any atom is -0.468 e. The Morgan fingerprint density at radius 3 is 2.28 bits per heavy atom. The molecule has 0 spiro atoms. The lowest BCUT2D eigenvalue weighted by Gasteiger charge is -2.43. The average molecular weight is 583 g/mol. The van der Waals surface area contributed by atoms with E-state index in [9.17, 15) is 14.4 Å². The van der Waals surface area contributed by atoms with Crippen molar-refractivity contribution in [1.82, 2.24) is 0 Å². The summed E-state index contributed by atoms with van der Waals surface area (Å²) in [4.78, 5) is 43.3. The van der Waals surface area contributed by atoms with E-state index in [1.807, 2.05) is 47.8 Å². The van der Waals surface area contributed by atoms with Crippen molar-refractivity contribution in [2.75, 3.05) is 19.1 Å².